The van der Waals surface area contributed by atoms with E-state index in [1.165, 1.54) is 6.20 Å². The van der Waals surface area contributed by atoms with E-state index in [0.29, 0.717) is 5.56 Å². The Hall–Kier alpha value is -1.13. The maximum atomic E-state index is 11.9. The first-order valence-electron chi connectivity index (χ1n) is 5.27. The highest BCUT2D eigenvalue weighted by Crippen LogP contribution is 2.18. The fraction of sp³-hybridized carbons (Fsp3) is 0.625. The van der Waals surface area contributed by atoms with Gasteiger partial charge in [0.25, 0.3) is 0 Å². The molecule has 1 aliphatic heterocycles. The van der Waals surface area contributed by atoms with Crippen LogP contribution in [-0.2, 0) is 26.4 Å². The first kappa shape index (κ1) is 13.3. The minimum Gasteiger partial charge on any atom is -0.384 e. The fourth-order valence-electron chi connectivity index (χ4n) is 1.76. The lowest BCUT2D eigenvalue weighted by Crippen LogP contribution is -2.34. The molecule has 1 unspecified atom stereocenters. The van der Waals surface area contributed by atoms with Crippen LogP contribution in [0, 0.1) is 0 Å². The number of nitrogens with two attached hydrogens (primary N) is 1. The van der Waals surface area contributed by atoms with E-state index in [-0.39, 0.29) is 30.3 Å². The van der Waals surface area contributed by atoms with Gasteiger partial charge in [-0.15, -0.1) is 0 Å². The molecular weight excluding hydrogens is 280 g/mol. The molecule has 1 atom stereocenters. The number of sulfonamides is 1. The number of nitrogen functional groups attached to an aromatic ring is 1. The number of rotatable bonds is 4. The highest BCUT2D eigenvalue weighted by molar-refractivity contribution is 7.95. The molecule has 0 bridgehead atoms. The Balaban J connectivity index is 2.03. The van der Waals surface area contributed by atoms with E-state index in [0.717, 1.165) is 0 Å². The number of nitrogens with one attached hydrogen (secondary N) is 2. The molecule has 1 saturated heterocycles. The maximum Gasteiger partial charge on any atom is 0.215 e. The van der Waals surface area contributed by atoms with Crippen LogP contribution in [0.2, 0.25) is 0 Å². The molecule has 10 heteroatoms. The van der Waals surface area contributed by atoms with Crippen LogP contribution >= 0.6 is 0 Å². The lowest BCUT2D eigenvalue weighted by atomic mass is 10.3. The molecule has 0 aliphatic carbocycles. The average molecular weight is 294 g/mol. The summed E-state index contributed by atoms with van der Waals surface area (Å²) < 4.78 is 48.6. The number of sulfone groups is 1. The van der Waals surface area contributed by atoms with Gasteiger partial charge < -0.3 is 5.73 Å². The maximum absolute atomic E-state index is 11.9. The van der Waals surface area contributed by atoms with Gasteiger partial charge >= 0.3 is 0 Å². The normalized spacial score (nSPS) is 23.2. The number of anilines is 1. The number of nitrogens with zero attached hydrogens (tertiary/aromatic N) is 1. The van der Waals surface area contributed by atoms with Crippen molar-refractivity contribution in [3.63, 3.8) is 0 Å². The van der Waals surface area contributed by atoms with Crippen LogP contribution in [0.1, 0.15) is 12.0 Å². The summed E-state index contributed by atoms with van der Waals surface area (Å²) in [6.45, 7) is 0.00120. The van der Waals surface area contributed by atoms with E-state index in [2.05, 4.69) is 14.9 Å². The molecule has 1 fully saturated rings. The number of hydrogen-bond donors (Lipinski definition) is 3. The van der Waals surface area contributed by atoms with Gasteiger partial charge in [0.05, 0.1) is 23.0 Å². The average Bonchev–Trinajstić information content (AvgIpc) is 2.82. The van der Waals surface area contributed by atoms with E-state index in [9.17, 15) is 16.8 Å². The molecule has 18 heavy (non-hydrogen) atoms. The zero-order chi connectivity index (χ0) is 13.4. The van der Waals surface area contributed by atoms with Gasteiger partial charge in [0, 0.05) is 12.1 Å². The largest absolute Gasteiger partial charge is 0.384 e. The number of hydrogen-bond acceptors (Lipinski definition) is 6. The van der Waals surface area contributed by atoms with Crippen molar-refractivity contribution >= 4 is 25.7 Å². The van der Waals surface area contributed by atoms with Gasteiger partial charge in [-0.1, -0.05) is 0 Å². The molecule has 0 radical (unpaired) electrons. The predicted octanol–water partition coefficient (Wildman–Crippen LogP) is -1.40. The fourth-order valence-corrected chi connectivity index (χ4v) is 5.82. The SMILES string of the molecule is Nc1[nH]ncc1CNS(=O)(=O)C1CCS(=O)(=O)C1. The third-order valence-electron chi connectivity index (χ3n) is 2.84. The second-order valence-corrected chi connectivity index (χ2v) is 8.47. The van der Waals surface area contributed by atoms with Gasteiger partial charge in [0.1, 0.15) is 5.82 Å². The molecule has 2 heterocycles. The van der Waals surface area contributed by atoms with E-state index in [4.69, 9.17) is 5.73 Å². The highest BCUT2D eigenvalue weighted by Gasteiger charge is 2.36. The Morgan fingerprint density at radius 1 is 1.56 bits per heavy atom. The van der Waals surface area contributed by atoms with Gasteiger partial charge in [0.15, 0.2) is 9.84 Å². The van der Waals surface area contributed by atoms with E-state index in [1.807, 2.05) is 0 Å². The van der Waals surface area contributed by atoms with Gasteiger partial charge in [-0.3, -0.25) is 5.10 Å². The Morgan fingerprint density at radius 3 is 2.78 bits per heavy atom. The molecule has 0 saturated carbocycles. The molecule has 4 N–H and O–H groups in total. The van der Waals surface area contributed by atoms with Crippen molar-refractivity contribution in [1.29, 1.82) is 0 Å². The molecule has 0 aromatic carbocycles. The van der Waals surface area contributed by atoms with Crippen molar-refractivity contribution in [2.75, 3.05) is 17.2 Å². The second-order valence-electron chi connectivity index (χ2n) is 4.20. The van der Waals surface area contributed by atoms with Crippen molar-refractivity contribution in [3.05, 3.63) is 11.8 Å². The highest BCUT2D eigenvalue weighted by atomic mass is 32.2. The first-order valence-corrected chi connectivity index (χ1v) is 8.63. The summed E-state index contributed by atoms with van der Waals surface area (Å²) in [4.78, 5) is 0. The number of H-pyrrole nitrogens is 1. The lowest BCUT2D eigenvalue weighted by Gasteiger charge is -2.10. The van der Waals surface area contributed by atoms with Gasteiger partial charge in [-0.2, -0.15) is 5.10 Å². The molecule has 102 valence electrons. The molecule has 0 spiro atoms. The number of aromatic nitrogens is 2. The van der Waals surface area contributed by atoms with Crippen molar-refractivity contribution in [3.8, 4) is 0 Å². The molecule has 0 amide bonds. The summed E-state index contributed by atoms with van der Waals surface area (Å²) in [5, 5.41) is 5.27. The number of aromatic amines is 1. The Kier molecular flexibility index (Phi) is 3.34. The molecule has 8 nitrogen and oxygen atoms in total. The van der Waals surface area contributed by atoms with Gasteiger partial charge in [-0.25, -0.2) is 21.6 Å². The zero-order valence-electron chi connectivity index (χ0n) is 9.46. The predicted molar refractivity (Wildman–Crippen MR) is 65.8 cm³/mol. The van der Waals surface area contributed by atoms with Crippen LogP contribution in [0.3, 0.4) is 0 Å². The summed E-state index contributed by atoms with van der Waals surface area (Å²) in [7, 11) is -6.87. The lowest BCUT2D eigenvalue weighted by molar-refractivity contribution is 0.568. The molecule has 1 aromatic heterocycles. The topological polar surface area (TPSA) is 135 Å². The van der Waals surface area contributed by atoms with Gasteiger partial charge in [-0.05, 0) is 6.42 Å². The third-order valence-corrected chi connectivity index (χ3v) is 6.65. The van der Waals surface area contributed by atoms with Crippen LogP contribution in [0.4, 0.5) is 5.82 Å². The Bertz CT molecular complexity index is 634. The van der Waals surface area contributed by atoms with Crippen molar-refractivity contribution in [1.82, 2.24) is 14.9 Å². The first-order chi connectivity index (χ1) is 8.30. The quantitative estimate of drug-likeness (QED) is 0.625. The van der Waals surface area contributed by atoms with E-state index >= 15 is 0 Å². The zero-order valence-corrected chi connectivity index (χ0v) is 11.1. The standard InChI is InChI=1S/C8H14N4O4S2/c9-8-6(3-10-12-8)4-11-18(15,16)7-1-2-17(13,14)5-7/h3,7,11H,1-2,4-5H2,(H3,9,10,12). The smallest absolute Gasteiger partial charge is 0.215 e. The van der Waals surface area contributed by atoms with Crippen molar-refractivity contribution in [2.45, 2.75) is 18.2 Å². The summed E-state index contributed by atoms with van der Waals surface area (Å²) in [5.41, 5.74) is 6.04. The summed E-state index contributed by atoms with van der Waals surface area (Å²) >= 11 is 0. The van der Waals surface area contributed by atoms with Crippen LogP contribution in [0.25, 0.3) is 0 Å². The van der Waals surface area contributed by atoms with E-state index in [1.54, 1.807) is 0 Å². The van der Waals surface area contributed by atoms with Crippen LogP contribution in [-0.4, -0.2) is 43.8 Å². The Morgan fingerprint density at radius 2 is 2.28 bits per heavy atom. The van der Waals surface area contributed by atoms with Crippen LogP contribution in [0.15, 0.2) is 6.20 Å². The second kappa shape index (κ2) is 4.52. The van der Waals surface area contributed by atoms with Crippen LogP contribution < -0.4 is 10.5 Å². The summed E-state index contributed by atoms with van der Waals surface area (Å²) in [6, 6.07) is 0. The van der Waals surface area contributed by atoms with Gasteiger partial charge in [0.2, 0.25) is 10.0 Å². The molecular formula is C8H14N4O4S2. The van der Waals surface area contributed by atoms with E-state index < -0.39 is 25.1 Å². The van der Waals surface area contributed by atoms with Crippen molar-refractivity contribution in [2.24, 2.45) is 0 Å². The molecule has 2 rings (SSSR count). The summed E-state index contributed by atoms with van der Waals surface area (Å²) in [5.74, 6) is -0.105. The minimum absolute atomic E-state index is 0.00120. The third kappa shape index (κ3) is 2.82. The summed E-state index contributed by atoms with van der Waals surface area (Å²) in [6.07, 6.45) is 1.56. The van der Waals surface area contributed by atoms with Crippen LogP contribution in [0.5, 0.6) is 0 Å². The monoisotopic (exact) mass is 294 g/mol. The minimum atomic E-state index is -3.65. The molecule has 1 aromatic rings. The molecule has 1 aliphatic rings. The van der Waals surface area contributed by atoms with Crippen molar-refractivity contribution < 1.29 is 16.8 Å². The Labute approximate surface area is 105 Å².